The summed E-state index contributed by atoms with van der Waals surface area (Å²) in [6.45, 7) is 4.35. The van der Waals surface area contributed by atoms with Crippen LogP contribution in [0.3, 0.4) is 0 Å². The number of hydrogen-bond donors (Lipinski definition) is 2. The Morgan fingerprint density at radius 1 is 1.18 bits per heavy atom. The molecule has 0 aliphatic rings. The molecular weight excluding hydrogens is 470 g/mol. The van der Waals surface area contributed by atoms with Crippen LogP contribution in [0.1, 0.15) is 42.1 Å². The summed E-state index contributed by atoms with van der Waals surface area (Å²) in [6.07, 6.45) is 1.05. The van der Waals surface area contributed by atoms with Crippen LogP contribution >= 0.6 is 23.8 Å². The molecule has 0 radical (unpaired) electrons. The monoisotopic (exact) mass is 493 g/mol. The number of benzene rings is 3. The van der Waals surface area contributed by atoms with Gasteiger partial charge in [0.1, 0.15) is 11.3 Å². The molecule has 1 amide bonds. The van der Waals surface area contributed by atoms with Crippen molar-refractivity contribution in [1.82, 2.24) is 10.3 Å². The van der Waals surface area contributed by atoms with Gasteiger partial charge in [-0.1, -0.05) is 37.6 Å². The fourth-order valence-corrected chi connectivity index (χ4v) is 3.82. The van der Waals surface area contributed by atoms with E-state index >= 15 is 0 Å². The number of ether oxygens (including phenoxy) is 1. The molecule has 3 aromatic carbocycles. The van der Waals surface area contributed by atoms with E-state index in [1.54, 1.807) is 43.5 Å². The number of hydrogen-bond acceptors (Lipinski definition) is 5. The number of fused-ring (bicyclic) bond motifs is 1. The van der Waals surface area contributed by atoms with Gasteiger partial charge in [-0.2, -0.15) is 0 Å². The van der Waals surface area contributed by atoms with Gasteiger partial charge < -0.3 is 14.5 Å². The Kier molecular flexibility index (Phi) is 7.14. The van der Waals surface area contributed by atoms with E-state index in [4.69, 9.17) is 33.0 Å². The molecule has 174 valence electrons. The number of nitrogens with zero attached hydrogens (tertiary/aromatic N) is 1. The van der Waals surface area contributed by atoms with Crippen molar-refractivity contribution in [2.75, 3.05) is 12.4 Å². The van der Waals surface area contributed by atoms with E-state index in [-0.39, 0.29) is 11.0 Å². The number of carbonyl (C=O) groups is 1. The first-order valence-electron chi connectivity index (χ1n) is 10.8. The van der Waals surface area contributed by atoms with Crippen molar-refractivity contribution in [1.29, 1.82) is 0 Å². The maximum atomic E-state index is 12.5. The standard InChI is InChI=1S/C26H24ClN3O3S/c1-4-15(2)16-9-11-23-22(13-16)28-25(33-23)18-8-10-20(27)21(14-18)29-26(34)30-24(31)17-6-5-7-19(12-17)32-3/h5-15H,4H2,1-3H3,(H2,29,30,31,34)/t15-/m1/s1. The molecule has 4 rings (SSSR count). The second-order valence-electron chi connectivity index (χ2n) is 7.89. The molecule has 0 saturated carbocycles. The van der Waals surface area contributed by atoms with Crippen molar-refractivity contribution in [3.05, 3.63) is 76.8 Å². The summed E-state index contributed by atoms with van der Waals surface area (Å²) < 4.78 is 11.1. The van der Waals surface area contributed by atoms with Crippen LogP contribution in [0.2, 0.25) is 5.02 Å². The van der Waals surface area contributed by atoms with Gasteiger partial charge in [-0.15, -0.1) is 0 Å². The Morgan fingerprint density at radius 2 is 2.00 bits per heavy atom. The van der Waals surface area contributed by atoms with Gasteiger partial charge in [0.15, 0.2) is 10.7 Å². The number of halogens is 1. The quantitative estimate of drug-likeness (QED) is 0.288. The smallest absolute Gasteiger partial charge is 0.257 e. The highest BCUT2D eigenvalue weighted by atomic mass is 35.5. The fourth-order valence-electron chi connectivity index (χ4n) is 3.46. The van der Waals surface area contributed by atoms with E-state index in [2.05, 4.69) is 41.6 Å². The van der Waals surface area contributed by atoms with Crippen molar-refractivity contribution in [2.45, 2.75) is 26.2 Å². The van der Waals surface area contributed by atoms with Crippen molar-refractivity contribution >= 4 is 51.6 Å². The Labute approximate surface area is 208 Å². The van der Waals surface area contributed by atoms with Crippen LogP contribution in [-0.4, -0.2) is 23.1 Å². The van der Waals surface area contributed by atoms with Gasteiger partial charge in [0.05, 0.1) is 17.8 Å². The van der Waals surface area contributed by atoms with Crippen molar-refractivity contribution in [3.63, 3.8) is 0 Å². The molecule has 2 N–H and O–H groups in total. The van der Waals surface area contributed by atoms with E-state index < -0.39 is 0 Å². The van der Waals surface area contributed by atoms with E-state index in [1.165, 1.54) is 5.56 Å². The normalized spacial score (nSPS) is 11.8. The molecule has 34 heavy (non-hydrogen) atoms. The lowest BCUT2D eigenvalue weighted by atomic mass is 9.98. The lowest BCUT2D eigenvalue weighted by Crippen LogP contribution is -2.34. The van der Waals surface area contributed by atoms with Gasteiger partial charge in [-0.25, -0.2) is 4.98 Å². The molecular formula is C26H24ClN3O3S. The highest BCUT2D eigenvalue weighted by Gasteiger charge is 2.14. The summed E-state index contributed by atoms with van der Waals surface area (Å²) in [5.74, 6) is 1.14. The van der Waals surface area contributed by atoms with Crippen LogP contribution in [0.5, 0.6) is 5.75 Å². The SMILES string of the molecule is CC[C@@H](C)c1ccc2oc(-c3ccc(Cl)c(NC(=S)NC(=O)c4cccc(OC)c4)c3)nc2c1. The van der Waals surface area contributed by atoms with Crippen LogP contribution in [0.15, 0.2) is 65.1 Å². The van der Waals surface area contributed by atoms with Gasteiger partial charge in [-0.05, 0) is 78.7 Å². The zero-order valence-electron chi connectivity index (χ0n) is 19.0. The highest BCUT2D eigenvalue weighted by Crippen LogP contribution is 2.31. The zero-order chi connectivity index (χ0) is 24.2. The Balaban J connectivity index is 1.52. The van der Waals surface area contributed by atoms with Crippen LogP contribution in [0.25, 0.3) is 22.6 Å². The third kappa shape index (κ3) is 5.21. The number of nitrogens with one attached hydrogen (secondary N) is 2. The third-order valence-corrected chi connectivity index (χ3v) is 6.15. The summed E-state index contributed by atoms with van der Waals surface area (Å²) in [6, 6.07) is 18.2. The topological polar surface area (TPSA) is 76.4 Å². The number of carbonyl (C=O) groups excluding carboxylic acids is 1. The molecule has 0 bridgehead atoms. The van der Waals surface area contributed by atoms with Gasteiger partial charge in [0, 0.05) is 11.1 Å². The van der Waals surface area contributed by atoms with Crippen LogP contribution in [0.4, 0.5) is 5.69 Å². The molecule has 1 heterocycles. The van der Waals surface area contributed by atoms with Crippen LogP contribution in [-0.2, 0) is 0 Å². The average molecular weight is 494 g/mol. The number of oxazole rings is 1. The first-order valence-corrected chi connectivity index (χ1v) is 11.6. The molecule has 6 nitrogen and oxygen atoms in total. The number of methoxy groups -OCH3 is 1. The molecule has 0 unspecified atom stereocenters. The predicted octanol–water partition coefficient (Wildman–Crippen LogP) is 6.80. The lowest BCUT2D eigenvalue weighted by molar-refractivity contribution is 0.0977. The van der Waals surface area contributed by atoms with E-state index in [1.807, 2.05) is 12.1 Å². The summed E-state index contributed by atoms with van der Waals surface area (Å²) in [5.41, 5.74) is 4.43. The van der Waals surface area contributed by atoms with E-state index in [0.717, 1.165) is 17.5 Å². The van der Waals surface area contributed by atoms with E-state index in [0.29, 0.717) is 39.4 Å². The third-order valence-electron chi connectivity index (χ3n) is 5.61. The van der Waals surface area contributed by atoms with Gasteiger partial charge in [0.2, 0.25) is 5.89 Å². The molecule has 4 aromatic rings. The predicted molar refractivity (Wildman–Crippen MR) is 140 cm³/mol. The van der Waals surface area contributed by atoms with Gasteiger partial charge >= 0.3 is 0 Å². The van der Waals surface area contributed by atoms with Gasteiger partial charge in [-0.3, -0.25) is 10.1 Å². The first-order chi connectivity index (χ1) is 16.4. The summed E-state index contributed by atoms with van der Waals surface area (Å²) >= 11 is 11.7. The van der Waals surface area contributed by atoms with E-state index in [9.17, 15) is 4.79 Å². The van der Waals surface area contributed by atoms with Crippen molar-refractivity contribution in [3.8, 4) is 17.2 Å². The fraction of sp³-hybridized carbons (Fsp3) is 0.192. The molecule has 1 aromatic heterocycles. The van der Waals surface area contributed by atoms with Crippen LogP contribution in [0, 0.1) is 0 Å². The summed E-state index contributed by atoms with van der Waals surface area (Å²) in [5, 5.41) is 6.19. The zero-order valence-corrected chi connectivity index (χ0v) is 20.6. The Morgan fingerprint density at radius 3 is 2.76 bits per heavy atom. The highest BCUT2D eigenvalue weighted by molar-refractivity contribution is 7.80. The summed E-state index contributed by atoms with van der Waals surface area (Å²) in [7, 11) is 1.54. The number of rotatable bonds is 6. The largest absolute Gasteiger partial charge is 0.497 e. The molecule has 0 fully saturated rings. The minimum Gasteiger partial charge on any atom is -0.497 e. The van der Waals surface area contributed by atoms with Crippen LogP contribution < -0.4 is 15.4 Å². The number of aromatic nitrogens is 1. The minimum atomic E-state index is -0.361. The number of thiocarbonyl (C=S) groups is 1. The first kappa shape index (κ1) is 23.7. The van der Waals surface area contributed by atoms with Gasteiger partial charge in [0.25, 0.3) is 5.91 Å². The minimum absolute atomic E-state index is 0.114. The number of amides is 1. The van der Waals surface area contributed by atoms with Crippen molar-refractivity contribution < 1.29 is 13.9 Å². The molecule has 1 atom stereocenters. The lowest BCUT2D eigenvalue weighted by Gasteiger charge is -2.12. The molecule has 8 heteroatoms. The molecule has 0 spiro atoms. The second-order valence-corrected chi connectivity index (χ2v) is 8.71. The Bertz CT molecular complexity index is 1370. The molecule has 0 aliphatic carbocycles. The van der Waals surface area contributed by atoms with Crippen molar-refractivity contribution in [2.24, 2.45) is 0 Å². The maximum absolute atomic E-state index is 12.5. The number of anilines is 1. The Hall–Kier alpha value is -3.42. The molecule has 0 saturated heterocycles. The average Bonchev–Trinajstić information content (AvgIpc) is 3.28. The second kappa shape index (κ2) is 10.2. The molecule has 0 aliphatic heterocycles. The maximum Gasteiger partial charge on any atom is 0.257 e. The summed E-state index contributed by atoms with van der Waals surface area (Å²) in [4.78, 5) is 17.2.